The number of benzene rings is 2. The molecule has 0 bridgehead atoms. The fourth-order valence-electron chi connectivity index (χ4n) is 3.46. The second-order valence-electron chi connectivity index (χ2n) is 6.60. The molecule has 26 heavy (non-hydrogen) atoms. The minimum absolute atomic E-state index is 0. The van der Waals surface area contributed by atoms with Crippen molar-refractivity contribution in [2.45, 2.75) is 25.0 Å². The van der Waals surface area contributed by atoms with Gasteiger partial charge in [0.25, 0.3) is 0 Å². The normalized spacial score (nSPS) is 18.0. The molecule has 2 aromatic carbocycles. The average molecular weight is 377 g/mol. The third kappa shape index (κ3) is 3.99. The summed E-state index contributed by atoms with van der Waals surface area (Å²) in [6, 6.07) is 14.6. The minimum Gasteiger partial charge on any atom is -0.498 e. The monoisotopic (exact) mass is 376 g/mol. The van der Waals surface area contributed by atoms with Gasteiger partial charge in [0.1, 0.15) is 17.0 Å². The lowest BCUT2D eigenvalue weighted by molar-refractivity contribution is -0.0140. The molecule has 0 amide bonds. The molecule has 0 saturated carbocycles. The van der Waals surface area contributed by atoms with Crippen molar-refractivity contribution in [3.05, 3.63) is 80.8 Å². The van der Waals surface area contributed by atoms with Crippen LogP contribution < -0.4 is 0 Å². The van der Waals surface area contributed by atoms with Crippen LogP contribution in [0.1, 0.15) is 35.1 Å². The Balaban J connectivity index is 0.00000243. The van der Waals surface area contributed by atoms with Gasteiger partial charge in [-0.25, -0.2) is 4.39 Å². The molecule has 1 unspecified atom stereocenters. The summed E-state index contributed by atoms with van der Waals surface area (Å²) in [7, 11) is 4.08. The van der Waals surface area contributed by atoms with Gasteiger partial charge in [0, 0.05) is 5.01 Å². The van der Waals surface area contributed by atoms with E-state index < -0.39 is 5.60 Å². The van der Waals surface area contributed by atoms with Gasteiger partial charge in [0.15, 0.2) is 0 Å². The first kappa shape index (κ1) is 20.2. The third-order valence-corrected chi connectivity index (χ3v) is 4.63. The Morgan fingerprint density at radius 1 is 1.23 bits per heavy atom. The van der Waals surface area contributed by atoms with Crippen LogP contribution in [0.5, 0.6) is 0 Å². The van der Waals surface area contributed by atoms with Crippen LogP contribution in [0.25, 0.3) is 5.01 Å². The standard InChI is InChI=1S/C20H21FN2O2.ClH/c1-23(2)11-3-10-20(17-5-7-18(21)8-6-17)19-9-4-15(13-22-24)12-16(19)14-25-20;/h4-9,12H,3,10-11,14H2,1-2H3;1H. The maximum Gasteiger partial charge on any atom is 0.336 e. The molecule has 0 aromatic heterocycles. The molecule has 1 aliphatic heterocycles. The summed E-state index contributed by atoms with van der Waals surface area (Å²) in [5.41, 5.74) is 3.07. The van der Waals surface area contributed by atoms with Gasteiger partial charge in [-0.15, -0.1) is 12.4 Å². The molecule has 0 radical (unpaired) electrons. The van der Waals surface area contributed by atoms with E-state index in [1.807, 2.05) is 32.3 Å². The molecule has 1 atom stereocenters. The molecule has 138 valence electrons. The summed E-state index contributed by atoms with van der Waals surface area (Å²) in [6.45, 7) is 1.39. The van der Waals surface area contributed by atoms with Crippen LogP contribution in [-0.4, -0.2) is 25.5 Å². The number of nitrogens with zero attached hydrogens (tertiary/aromatic N) is 2. The quantitative estimate of drug-likeness (QED) is 0.719. The van der Waals surface area contributed by atoms with E-state index in [1.165, 1.54) is 12.1 Å². The molecule has 0 fully saturated rings. The van der Waals surface area contributed by atoms with Crippen LogP contribution in [-0.2, 0) is 16.9 Å². The molecule has 4 nitrogen and oxygen atoms in total. The topological polar surface area (TPSA) is 39.9 Å². The number of hydrogen-bond donors (Lipinski definition) is 0. The van der Waals surface area contributed by atoms with Crippen molar-refractivity contribution in [2.75, 3.05) is 20.6 Å². The maximum atomic E-state index is 13.4. The van der Waals surface area contributed by atoms with Crippen LogP contribution in [0.3, 0.4) is 0 Å². The molecule has 0 spiro atoms. The van der Waals surface area contributed by atoms with Crippen molar-refractivity contribution < 1.29 is 9.13 Å². The molecular formula is C20H22ClFN2O2. The molecule has 6 heteroatoms. The highest BCUT2D eigenvalue weighted by Crippen LogP contribution is 2.45. The first-order valence-corrected chi connectivity index (χ1v) is 8.32. The second kappa shape index (κ2) is 8.50. The van der Waals surface area contributed by atoms with Crippen LogP contribution in [0.4, 0.5) is 4.39 Å². The van der Waals surface area contributed by atoms with E-state index in [0.29, 0.717) is 12.2 Å². The van der Waals surface area contributed by atoms with E-state index in [2.05, 4.69) is 16.0 Å². The van der Waals surface area contributed by atoms with Gasteiger partial charge >= 0.3 is 6.07 Å². The summed E-state index contributed by atoms with van der Waals surface area (Å²) in [5.74, 6) is -0.262. The Bertz CT molecular complexity index is 815. The molecule has 1 aliphatic rings. The molecule has 0 N–H and O–H groups in total. The minimum atomic E-state index is -0.591. The summed E-state index contributed by atoms with van der Waals surface area (Å²) < 4.78 is 19.7. The molecular weight excluding hydrogens is 355 g/mol. The summed E-state index contributed by atoms with van der Waals surface area (Å²) >= 11 is 0. The van der Waals surface area contributed by atoms with E-state index in [-0.39, 0.29) is 18.2 Å². The van der Waals surface area contributed by atoms with Gasteiger partial charge in [-0.05, 0) is 74.4 Å². The van der Waals surface area contributed by atoms with Crippen LogP contribution in [0.15, 0.2) is 42.5 Å². The maximum absolute atomic E-state index is 13.4. The first-order chi connectivity index (χ1) is 12.0. The van der Waals surface area contributed by atoms with Gasteiger partial charge in [-0.2, -0.15) is 0 Å². The summed E-state index contributed by atoms with van der Waals surface area (Å²) in [5, 5.41) is 13.1. The lowest BCUT2D eigenvalue weighted by Gasteiger charge is -2.31. The Morgan fingerprint density at radius 3 is 2.62 bits per heavy atom. The number of halogens is 2. The highest BCUT2D eigenvalue weighted by molar-refractivity contribution is 5.85. The molecule has 2 aromatic rings. The van der Waals surface area contributed by atoms with E-state index >= 15 is 0 Å². The van der Waals surface area contributed by atoms with Crippen LogP contribution in [0.2, 0.25) is 0 Å². The Morgan fingerprint density at radius 2 is 1.96 bits per heavy atom. The van der Waals surface area contributed by atoms with Crippen molar-refractivity contribution in [3.8, 4) is 6.07 Å². The van der Waals surface area contributed by atoms with Crippen molar-refractivity contribution in [3.63, 3.8) is 0 Å². The van der Waals surface area contributed by atoms with Crippen LogP contribution in [0, 0.1) is 17.1 Å². The number of fused-ring (bicyclic) bond motifs is 1. The third-order valence-electron chi connectivity index (χ3n) is 4.63. The zero-order valence-electron chi connectivity index (χ0n) is 14.9. The van der Waals surface area contributed by atoms with E-state index in [0.717, 1.165) is 36.1 Å². The summed E-state index contributed by atoms with van der Waals surface area (Å²) in [4.78, 5) is 2.14. The molecule has 0 aliphatic carbocycles. The fraction of sp³-hybridized carbons (Fsp3) is 0.350. The molecule has 0 saturated heterocycles. The Kier molecular flexibility index (Phi) is 6.60. The van der Waals surface area contributed by atoms with Gasteiger partial charge in [0.05, 0.1) is 6.61 Å². The lowest BCUT2D eigenvalue weighted by Crippen LogP contribution is -2.28. The SMILES string of the molecule is CN(C)CCCC1(c2ccc(F)cc2)OCc2cc(C#[N+][O-])ccc21.Cl. The highest BCUT2D eigenvalue weighted by atomic mass is 35.5. The largest absolute Gasteiger partial charge is 0.498 e. The number of rotatable bonds is 5. The molecule has 3 rings (SSSR count). The van der Waals surface area contributed by atoms with Gasteiger partial charge in [-0.3, -0.25) is 0 Å². The van der Waals surface area contributed by atoms with Gasteiger partial charge in [0.2, 0.25) is 0 Å². The Hall–Kier alpha value is -2.13. The predicted octanol–water partition coefficient (Wildman–Crippen LogP) is 4.54. The summed E-state index contributed by atoms with van der Waals surface area (Å²) in [6.07, 6.45) is 1.74. The van der Waals surface area contributed by atoms with Crippen molar-refractivity contribution in [2.24, 2.45) is 0 Å². The number of ether oxygens (including phenoxy) is 1. The zero-order valence-corrected chi connectivity index (χ0v) is 15.7. The fourth-order valence-corrected chi connectivity index (χ4v) is 3.46. The van der Waals surface area contributed by atoms with Crippen LogP contribution >= 0.6 is 12.4 Å². The molecule has 1 heterocycles. The van der Waals surface area contributed by atoms with E-state index in [4.69, 9.17) is 4.74 Å². The van der Waals surface area contributed by atoms with Crippen molar-refractivity contribution in [1.82, 2.24) is 4.90 Å². The Labute approximate surface area is 159 Å². The smallest absolute Gasteiger partial charge is 0.336 e. The first-order valence-electron chi connectivity index (χ1n) is 8.32. The average Bonchev–Trinajstić information content (AvgIpc) is 2.95. The highest BCUT2D eigenvalue weighted by Gasteiger charge is 2.41. The zero-order chi connectivity index (χ0) is 17.9. The van der Waals surface area contributed by atoms with Gasteiger partial charge < -0.3 is 14.8 Å². The van der Waals surface area contributed by atoms with E-state index in [1.54, 1.807) is 12.1 Å². The van der Waals surface area contributed by atoms with Gasteiger partial charge in [-0.1, -0.05) is 18.2 Å². The van der Waals surface area contributed by atoms with Crippen molar-refractivity contribution in [1.29, 1.82) is 0 Å². The second-order valence-corrected chi connectivity index (χ2v) is 6.60. The van der Waals surface area contributed by atoms with E-state index in [9.17, 15) is 9.60 Å². The predicted molar refractivity (Wildman–Crippen MR) is 103 cm³/mol. The number of hydrogen-bond acceptors (Lipinski definition) is 3. The lowest BCUT2D eigenvalue weighted by atomic mass is 9.81. The van der Waals surface area contributed by atoms with Crippen molar-refractivity contribution >= 4 is 12.4 Å².